The third-order valence-corrected chi connectivity index (χ3v) is 5.04. The molecule has 0 radical (unpaired) electrons. The molecule has 0 spiro atoms. The van der Waals surface area contributed by atoms with Gasteiger partial charge in [-0.1, -0.05) is 42.5 Å². The van der Waals surface area contributed by atoms with E-state index in [1.807, 2.05) is 12.1 Å². The van der Waals surface area contributed by atoms with Crippen molar-refractivity contribution in [2.45, 2.75) is 0 Å². The van der Waals surface area contributed by atoms with Gasteiger partial charge in [-0.05, 0) is 41.5 Å². The van der Waals surface area contributed by atoms with E-state index in [0.717, 1.165) is 11.1 Å². The van der Waals surface area contributed by atoms with Gasteiger partial charge in [-0.3, -0.25) is 4.79 Å². The van der Waals surface area contributed by atoms with Crippen molar-refractivity contribution in [1.82, 2.24) is 0 Å². The molecule has 0 aliphatic carbocycles. The van der Waals surface area contributed by atoms with Gasteiger partial charge in [0.05, 0.1) is 5.69 Å². The van der Waals surface area contributed by atoms with Crippen LogP contribution in [0.1, 0.15) is 20.7 Å². The van der Waals surface area contributed by atoms with E-state index in [-0.39, 0.29) is 22.2 Å². The van der Waals surface area contributed by atoms with Crippen LogP contribution in [0.25, 0.3) is 21.9 Å². The van der Waals surface area contributed by atoms with Crippen LogP contribution < -0.4 is 16.8 Å². The first-order valence-corrected chi connectivity index (χ1v) is 9.40. The van der Waals surface area contributed by atoms with Crippen LogP contribution in [0.4, 0.5) is 17.1 Å². The van der Waals surface area contributed by atoms with E-state index < -0.39 is 17.6 Å². The summed E-state index contributed by atoms with van der Waals surface area (Å²) in [4.78, 5) is 24.8. The van der Waals surface area contributed by atoms with Crippen LogP contribution in [0.2, 0.25) is 0 Å². The summed E-state index contributed by atoms with van der Waals surface area (Å²) in [7, 11) is 0. The highest BCUT2D eigenvalue weighted by Gasteiger charge is 2.26. The van der Waals surface area contributed by atoms with E-state index in [2.05, 4.69) is 5.32 Å². The Morgan fingerprint density at radius 2 is 1.42 bits per heavy atom. The number of carboxylic acid groups (broad SMARTS) is 1. The number of carboxylic acids is 1. The molecule has 0 aromatic heterocycles. The highest BCUT2D eigenvalue weighted by molar-refractivity contribution is 6.20. The van der Waals surface area contributed by atoms with Crippen molar-refractivity contribution in [2.24, 2.45) is 0 Å². The molecule has 0 aliphatic heterocycles. The first-order valence-electron chi connectivity index (χ1n) is 9.40. The Kier molecular flexibility index (Phi) is 4.92. The second-order valence-corrected chi connectivity index (χ2v) is 7.02. The van der Waals surface area contributed by atoms with E-state index in [4.69, 9.17) is 11.5 Å². The summed E-state index contributed by atoms with van der Waals surface area (Å²) >= 11 is 0. The maximum Gasteiger partial charge on any atom is 0.340 e. The molecule has 0 heterocycles. The second-order valence-electron chi connectivity index (χ2n) is 7.02. The number of hydrogen-bond acceptors (Lipinski definition) is 5. The number of carbonyl (C=O) groups is 2. The number of benzene rings is 4. The molecule has 0 saturated carbocycles. The largest absolute Gasteiger partial charge is 0.506 e. The van der Waals surface area contributed by atoms with Gasteiger partial charge in [0.2, 0.25) is 0 Å². The Bertz CT molecular complexity index is 1320. The lowest BCUT2D eigenvalue weighted by Gasteiger charge is -2.16. The monoisotopic (exact) mass is 413 g/mol. The number of rotatable bonds is 4. The van der Waals surface area contributed by atoms with Crippen molar-refractivity contribution in [3.8, 4) is 16.9 Å². The lowest BCUT2D eigenvalue weighted by molar-refractivity contribution is 0.0696. The summed E-state index contributed by atoms with van der Waals surface area (Å²) in [5.74, 6) is -2.74. The van der Waals surface area contributed by atoms with Crippen LogP contribution in [0.3, 0.4) is 0 Å². The van der Waals surface area contributed by atoms with Gasteiger partial charge in [0.25, 0.3) is 5.91 Å². The predicted molar refractivity (Wildman–Crippen MR) is 121 cm³/mol. The molecule has 4 aromatic carbocycles. The zero-order chi connectivity index (χ0) is 22.1. The first kappa shape index (κ1) is 19.8. The molecule has 0 saturated heterocycles. The number of phenols is 1. The summed E-state index contributed by atoms with van der Waals surface area (Å²) < 4.78 is 0. The fourth-order valence-electron chi connectivity index (χ4n) is 3.52. The molecular formula is C24H19N3O4. The van der Waals surface area contributed by atoms with E-state index in [0.29, 0.717) is 16.8 Å². The maximum atomic E-state index is 12.9. The van der Waals surface area contributed by atoms with Crippen molar-refractivity contribution >= 4 is 39.7 Å². The van der Waals surface area contributed by atoms with Gasteiger partial charge in [-0.2, -0.15) is 0 Å². The van der Waals surface area contributed by atoms with Gasteiger partial charge >= 0.3 is 5.97 Å². The fourth-order valence-corrected chi connectivity index (χ4v) is 3.52. The van der Waals surface area contributed by atoms with Gasteiger partial charge < -0.3 is 27.0 Å². The van der Waals surface area contributed by atoms with Crippen LogP contribution in [0.15, 0.2) is 72.8 Å². The lowest BCUT2D eigenvalue weighted by Crippen LogP contribution is -2.16. The topological polar surface area (TPSA) is 139 Å². The minimum absolute atomic E-state index is 0.0109. The normalized spacial score (nSPS) is 10.7. The van der Waals surface area contributed by atoms with Crippen molar-refractivity contribution in [2.75, 3.05) is 16.8 Å². The number of amides is 1. The van der Waals surface area contributed by atoms with Gasteiger partial charge in [0.1, 0.15) is 16.9 Å². The summed E-state index contributed by atoms with van der Waals surface area (Å²) in [5, 5.41) is 23.6. The highest BCUT2D eigenvalue weighted by atomic mass is 16.4. The van der Waals surface area contributed by atoms with Crippen LogP contribution in [-0.2, 0) is 0 Å². The predicted octanol–water partition coefficient (Wildman–Crippen LogP) is 4.33. The number of hydrogen-bond donors (Lipinski definition) is 5. The van der Waals surface area contributed by atoms with Crippen LogP contribution >= 0.6 is 0 Å². The number of nitrogen functional groups attached to an aromatic ring is 2. The van der Waals surface area contributed by atoms with Crippen LogP contribution in [0.5, 0.6) is 5.75 Å². The van der Waals surface area contributed by atoms with E-state index >= 15 is 0 Å². The number of nitrogens with one attached hydrogen (secondary N) is 1. The molecule has 0 atom stereocenters. The Morgan fingerprint density at radius 3 is 2.06 bits per heavy atom. The lowest BCUT2D eigenvalue weighted by atomic mass is 9.93. The molecule has 7 nitrogen and oxygen atoms in total. The zero-order valence-electron chi connectivity index (χ0n) is 16.3. The van der Waals surface area contributed by atoms with Gasteiger partial charge in [0, 0.05) is 22.1 Å². The molecular weight excluding hydrogens is 394 g/mol. The van der Waals surface area contributed by atoms with Crippen LogP contribution in [0, 0.1) is 0 Å². The average molecular weight is 413 g/mol. The van der Waals surface area contributed by atoms with E-state index in [1.54, 1.807) is 60.7 Å². The Labute approximate surface area is 177 Å². The number of aromatic carboxylic acids is 1. The number of para-hydroxylation sites is 1. The minimum atomic E-state index is -1.36. The van der Waals surface area contributed by atoms with Crippen LogP contribution in [-0.4, -0.2) is 22.1 Å². The fraction of sp³-hybridized carbons (Fsp3) is 0. The molecule has 4 rings (SSSR count). The molecule has 7 heteroatoms. The molecule has 4 aromatic rings. The molecule has 7 N–H and O–H groups in total. The standard InChI is InChI=1S/C24H19N3O4/c25-15-9-6-13(7-10-15)14-8-11-17-18(12-14)21(26)20(22(28)19(17)24(30)31)23(29)27-16-4-2-1-3-5-16/h1-12,28H,25-26H2,(H,27,29)(H,30,31). The first-order chi connectivity index (χ1) is 14.9. The summed E-state index contributed by atoms with van der Waals surface area (Å²) in [6.45, 7) is 0. The maximum absolute atomic E-state index is 12.9. The third kappa shape index (κ3) is 3.60. The Morgan fingerprint density at radius 1 is 0.774 bits per heavy atom. The van der Waals surface area contributed by atoms with E-state index in [9.17, 15) is 19.8 Å². The SMILES string of the molecule is Nc1ccc(-c2ccc3c(C(=O)O)c(O)c(C(=O)Nc4ccccc4)c(N)c3c2)cc1. The van der Waals surface area contributed by atoms with Crippen molar-refractivity contribution in [3.63, 3.8) is 0 Å². The highest BCUT2D eigenvalue weighted by Crippen LogP contribution is 2.39. The Balaban J connectivity index is 1.92. The molecule has 0 aliphatic rings. The molecule has 154 valence electrons. The summed E-state index contributed by atoms with van der Waals surface area (Å²) in [6.07, 6.45) is 0. The zero-order valence-corrected chi connectivity index (χ0v) is 16.3. The van der Waals surface area contributed by atoms with Gasteiger partial charge in [0.15, 0.2) is 0 Å². The minimum Gasteiger partial charge on any atom is -0.506 e. The van der Waals surface area contributed by atoms with Crippen molar-refractivity contribution < 1.29 is 19.8 Å². The second kappa shape index (κ2) is 7.72. The van der Waals surface area contributed by atoms with Crippen molar-refractivity contribution in [3.05, 3.63) is 83.9 Å². The van der Waals surface area contributed by atoms with Gasteiger partial charge in [-0.15, -0.1) is 0 Å². The Hall–Kier alpha value is -4.52. The molecule has 0 fully saturated rings. The van der Waals surface area contributed by atoms with Crippen molar-refractivity contribution in [1.29, 1.82) is 0 Å². The number of nitrogens with two attached hydrogens (primary N) is 2. The third-order valence-electron chi connectivity index (χ3n) is 5.04. The quantitative estimate of drug-likeness (QED) is 0.316. The number of aromatic hydroxyl groups is 1. The molecule has 31 heavy (non-hydrogen) atoms. The average Bonchev–Trinajstić information content (AvgIpc) is 2.75. The molecule has 1 amide bonds. The summed E-state index contributed by atoms with van der Waals surface area (Å²) in [5.41, 5.74) is 14.0. The molecule has 0 unspecified atom stereocenters. The smallest absolute Gasteiger partial charge is 0.340 e. The van der Waals surface area contributed by atoms with Gasteiger partial charge in [-0.25, -0.2) is 4.79 Å². The summed E-state index contributed by atoms with van der Waals surface area (Å²) in [6, 6.07) is 20.8. The van der Waals surface area contributed by atoms with E-state index in [1.165, 1.54) is 0 Å². The molecule has 0 bridgehead atoms. The number of fused-ring (bicyclic) bond motifs is 1. The number of anilines is 3. The number of carbonyl (C=O) groups excluding carboxylic acids is 1.